The van der Waals surface area contributed by atoms with E-state index in [0.29, 0.717) is 35.8 Å². The van der Waals surface area contributed by atoms with Gasteiger partial charge in [-0.3, -0.25) is 4.98 Å². The Labute approximate surface area is 187 Å². The quantitative estimate of drug-likeness (QED) is 0.482. The third-order valence-electron chi connectivity index (χ3n) is 6.02. The van der Waals surface area contributed by atoms with Crippen LogP contribution in [0.4, 0.5) is 10.2 Å². The van der Waals surface area contributed by atoms with Gasteiger partial charge < -0.3 is 10.4 Å². The zero-order chi connectivity index (χ0) is 21.6. The van der Waals surface area contributed by atoms with Crippen molar-refractivity contribution in [2.24, 2.45) is 11.8 Å². The second-order valence-electron chi connectivity index (χ2n) is 8.32. The van der Waals surface area contributed by atoms with Gasteiger partial charge in [-0.1, -0.05) is 29.8 Å². The van der Waals surface area contributed by atoms with Crippen LogP contribution in [-0.4, -0.2) is 21.7 Å². The van der Waals surface area contributed by atoms with Crippen molar-refractivity contribution in [1.82, 2.24) is 9.97 Å². The van der Waals surface area contributed by atoms with Crippen molar-refractivity contribution in [2.45, 2.75) is 38.6 Å². The molecule has 6 heteroatoms. The molecule has 2 heterocycles. The third-order valence-corrected chi connectivity index (χ3v) is 6.32. The van der Waals surface area contributed by atoms with Crippen LogP contribution >= 0.6 is 11.6 Å². The molecule has 0 atom stereocenters. The summed E-state index contributed by atoms with van der Waals surface area (Å²) in [5, 5.41) is 13.2. The zero-order valence-electron chi connectivity index (χ0n) is 17.4. The number of nitrogens with zero attached hydrogens (tertiary/aromatic N) is 2. The third kappa shape index (κ3) is 5.81. The Morgan fingerprint density at radius 2 is 1.81 bits per heavy atom. The molecule has 0 unspecified atom stereocenters. The van der Waals surface area contributed by atoms with E-state index in [1.54, 1.807) is 12.3 Å². The van der Waals surface area contributed by atoms with Crippen LogP contribution in [0.25, 0.3) is 11.3 Å². The van der Waals surface area contributed by atoms with Gasteiger partial charge in [-0.25, -0.2) is 9.37 Å². The van der Waals surface area contributed by atoms with Gasteiger partial charge in [0, 0.05) is 30.6 Å². The molecule has 4 nitrogen and oxygen atoms in total. The van der Waals surface area contributed by atoms with E-state index in [2.05, 4.69) is 10.3 Å². The Bertz CT molecular complexity index is 1020. The number of halogens is 2. The minimum absolute atomic E-state index is 0.248. The summed E-state index contributed by atoms with van der Waals surface area (Å²) in [6.45, 7) is 0.783. The Morgan fingerprint density at radius 1 is 1.03 bits per heavy atom. The molecule has 162 valence electrons. The van der Waals surface area contributed by atoms with Crippen LogP contribution < -0.4 is 5.32 Å². The fourth-order valence-corrected chi connectivity index (χ4v) is 4.43. The van der Waals surface area contributed by atoms with Gasteiger partial charge in [-0.05, 0) is 79.8 Å². The number of benzene rings is 1. The van der Waals surface area contributed by atoms with Gasteiger partial charge >= 0.3 is 0 Å². The average molecular weight is 440 g/mol. The summed E-state index contributed by atoms with van der Waals surface area (Å²) >= 11 is 6.46. The highest BCUT2D eigenvalue weighted by molar-refractivity contribution is 6.33. The maximum Gasteiger partial charge on any atom is 0.126 e. The minimum atomic E-state index is -0.248. The molecular weight excluding hydrogens is 413 g/mol. The molecule has 0 bridgehead atoms. The average Bonchev–Trinajstić information content (AvgIpc) is 2.80. The minimum Gasteiger partial charge on any atom is -0.396 e. The number of aromatic nitrogens is 2. The van der Waals surface area contributed by atoms with E-state index in [9.17, 15) is 9.50 Å². The number of aliphatic hydroxyl groups excluding tert-OH is 1. The number of hydrogen-bond acceptors (Lipinski definition) is 4. The van der Waals surface area contributed by atoms with Crippen LogP contribution in [0.15, 0.2) is 54.7 Å². The standard InChI is InChI=1S/C25H27ClFN3O/c26-23-15-28-21(12-17-7-9-18(16-31)10-8-17)13-22(23)24-5-2-6-25(30-24)29-14-19-3-1-4-20(27)11-19/h1-6,11,13,15,17-18,31H,7-10,12,14,16H2,(H,29,30). The smallest absolute Gasteiger partial charge is 0.126 e. The molecule has 2 aromatic heterocycles. The van der Waals surface area contributed by atoms with Crippen LogP contribution in [-0.2, 0) is 13.0 Å². The lowest BCUT2D eigenvalue weighted by molar-refractivity contribution is 0.167. The molecule has 2 N–H and O–H groups in total. The van der Waals surface area contributed by atoms with Crippen LogP contribution in [0, 0.1) is 17.7 Å². The number of nitrogens with one attached hydrogen (secondary N) is 1. The molecule has 31 heavy (non-hydrogen) atoms. The van der Waals surface area contributed by atoms with Gasteiger partial charge in [-0.15, -0.1) is 0 Å². The first-order chi connectivity index (χ1) is 15.1. The van der Waals surface area contributed by atoms with Gasteiger partial charge in [0.25, 0.3) is 0 Å². The van der Waals surface area contributed by atoms with Gasteiger partial charge in [0.05, 0.1) is 10.7 Å². The van der Waals surface area contributed by atoms with Crippen molar-refractivity contribution in [3.63, 3.8) is 0 Å². The highest BCUT2D eigenvalue weighted by atomic mass is 35.5. The first-order valence-corrected chi connectivity index (χ1v) is 11.2. The Kier molecular flexibility index (Phi) is 7.15. The second kappa shape index (κ2) is 10.2. The SMILES string of the molecule is OCC1CCC(Cc2cc(-c3cccc(NCc4cccc(F)c4)n3)c(Cl)cn2)CC1. The van der Waals surface area contributed by atoms with Crippen molar-refractivity contribution in [1.29, 1.82) is 0 Å². The van der Waals surface area contributed by atoms with E-state index in [1.165, 1.54) is 12.1 Å². The molecule has 1 aliphatic rings. The highest BCUT2D eigenvalue weighted by Crippen LogP contribution is 2.32. The highest BCUT2D eigenvalue weighted by Gasteiger charge is 2.21. The second-order valence-corrected chi connectivity index (χ2v) is 8.73. The summed E-state index contributed by atoms with van der Waals surface area (Å²) < 4.78 is 13.4. The largest absolute Gasteiger partial charge is 0.396 e. The van der Waals surface area contributed by atoms with Gasteiger partial charge in [-0.2, -0.15) is 0 Å². The molecule has 4 rings (SSSR count). The molecule has 0 radical (unpaired) electrons. The summed E-state index contributed by atoms with van der Waals surface area (Å²) in [4.78, 5) is 9.25. The van der Waals surface area contributed by atoms with Gasteiger partial charge in [0.1, 0.15) is 11.6 Å². The van der Waals surface area contributed by atoms with Crippen molar-refractivity contribution < 1.29 is 9.50 Å². The van der Waals surface area contributed by atoms with Crippen LogP contribution in [0.2, 0.25) is 5.02 Å². The molecule has 0 aliphatic heterocycles. The molecule has 0 saturated heterocycles. The van der Waals surface area contributed by atoms with Crippen LogP contribution in [0.5, 0.6) is 0 Å². The zero-order valence-corrected chi connectivity index (χ0v) is 18.2. The fourth-order valence-electron chi connectivity index (χ4n) is 4.23. The van der Waals surface area contributed by atoms with Crippen LogP contribution in [0.1, 0.15) is 36.9 Å². The monoisotopic (exact) mass is 439 g/mol. The lowest BCUT2D eigenvalue weighted by atomic mass is 9.80. The maximum atomic E-state index is 13.4. The summed E-state index contributed by atoms with van der Waals surface area (Å²) in [5.74, 6) is 1.51. The van der Waals surface area contributed by atoms with E-state index in [-0.39, 0.29) is 5.82 Å². The number of aliphatic hydroxyl groups is 1. The Morgan fingerprint density at radius 3 is 2.58 bits per heavy atom. The first-order valence-electron chi connectivity index (χ1n) is 10.8. The van der Waals surface area contributed by atoms with Crippen molar-refractivity contribution in [3.8, 4) is 11.3 Å². The molecule has 3 aromatic rings. The molecule has 1 saturated carbocycles. The maximum absolute atomic E-state index is 13.4. The molecule has 1 aromatic carbocycles. The fraction of sp³-hybridized carbons (Fsp3) is 0.360. The molecule has 1 fully saturated rings. The predicted octanol–water partition coefficient (Wildman–Crippen LogP) is 5.89. The van der Waals surface area contributed by atoms with E-state index in [1.807, 2.05) is 30.3 Å². The first kappa shape index (κ1) is 21.7. The van der Waals surface area contributed by atoms with Gasteiger partial charge in [0.2, 0.25) is 0 Å². The number of rotatable bonds is 7. The lowest BCUT2D eigenvalue weighted by Gasteiger charge is -2.27. The lowest BCUT2D eigenvalue weighted by Crippen LogP contribution is -2.19. The van der Waals surface area contributed by atoms with E-state index < -0.39 is 0 Å². The number of pyridine rings is 2. The van der Waals surface area contributed by atoms with E-state index in [4.69, 9.17) is 16.6 Å². The van der Waals surface area contributed by atoms with Crippen molar-refractivity contribution in [3.05, 3.63) is 76.8 Å². The summed E-state index contributed by atoms with van der Waals surface area (Å²) in [5.41, 5.74) is 3.52. The van der Waals surface area contributed by atoms with E-state index in [0.717, 1.165) is 54.6 Å². The Balaban J connectivity index is 1.46. The summed E-state index contributed by atoms with van der Waals surface area (Å²) in [6.07, 6.45) is 7.05. The van der Waals surface area contributed by atoms with Gasteiger partial charge in [0.15, 0.2) is 0 Å². The molecule has 1 aliphatic carbocycles. The van der Waals surface area contributed by atoms with Crippen molar-refractivity contribution >= 4 is 17.4 Å². The molecular formula is C25H27ClFN3O. The normalized spacial score (nSPS) is 18.7. The predicted molar refractivity (Wildman–Crippen MR) is 122 cm³/mol. The summed E-state index contributed by atoms with van der Waals surface area (Å²) in [7, 11) is 0. The topological polar surface area (TPSA) is 58.0 Å². The van der Waals surface area contributed by atoms with E-state index >= 15 is 0 Å². The Hall–Kier alpha value is -2.50. The van der Waals surface area contributed by atoms with Crippen molar-refractivity contribution in [2.75, 3.05) is 11.9 Å². The summed E-state index contributed by atoms with van der Waals surface area (Å²) in [6, 6.07) is 14.3. The number of hydrogen-bond donors (Lipinski definition) is 2. The number of anilines is 1. The molecule has 0 amide bonds. The van der Waals surface area contributed by atoms with Crippen LogP contribution in [0.3, 0.4) is 0 Å². The molecule has 0 spiro atoms.